The molecule has 0 radical (unpaired) electrons. The van der Waals surface area contributed by atoms with Crippen LogP contribution in [0.4, 0.5) is 0 Å². The lowest BCUT2D eigenvalue weighted by Crippen LogP contribution is -1.94. The highest BCUT2D eigenvalue weighted by Gasteiger charge is 2.13. The SMILES string of the molecule is OP(O)OP(O)OCCSc1cc2ccccc2c2ccccc12. The van der Waals surface area contributed by atoms with Crippen molar-refractivity contribution in [1.82, 2.24) is 0 Å². The monoisotopic (exact) mass is 382 g/mol. The van der Waals surface area contributed by atoms with Crippen LogP contribution in [0.1, 0.15) is 0 Å². The van der Waals surface area contributed by atoms with Crippen molar-refractivity contribution in [2.75, 3.05) is 12.4 Å². The second kappa shape index (κ2) is 8.52. The third-order valence-electron chi connectivity index (χ3n) is 3.42. The quantitative estimate of drug-likeness (QED) is 0.241. The number of thioether (sulfide) groups is 1. The van der Waals surface area contributed by atoms with Crippen LogP contribution in [0.5, 0.6) is 0 Å². The highest BCUT2D eigenvalue weighted by Crippen LogP contribution is 2.46. The van der Waals surface area contributed by atoms with Crippen LogP contribution in [0.15, 0.2) is 59.5 Å². The van der Waals surface area contributed by atoms with Crippen LogP contribution in [0.3, 0.4) is 0 Å². The van der Waals surface area contributed by atoms with E-state index < -0.39 is 17.2 Å². The standard InChI is InChI=1S/C16H16O5P2S/c17-22(18)21-23(19)20-9-10-24-16-11-12-5-1-2-6-13(12)14-7-3-4-8-15(14)16/h1-8,11,17-19H,9-10H2. The van der Waals surface area contributed by atoms with Crippen molar-refractivity contribution >= 4 is 50.5 Å². The average molecular weight is 382 g/mol. The largest absolute Gasteiger partial charge is 0.337 e. The first kappa shape index (κ1) is 18.0. The Labute approximate surface area is 146 Å². The smallest absolute Gasteiger partial charge is 0.328 e. The van der Waals surface area contributed by atoms with Gasteiger partial charge in [0, 0.05) is 10.6 Å². The number of fused-ring (bicyclic) bond motifs is 3. The Morgan fingerprint density at radius 1 is 0.875 bits per heavy atom. The van der Waals surface area contributed by atoms with E-state index in [9.17, 15) is 4.89 Å². The molecule has 0 aliphatic carbocycles. The van der Waals surface area contributed by atoms with Crippen molar-refractivity contribution in [2.24, 2.45) is 0 Å². The van der Waals surface area contributed by atoms with Gasteiger partial charge in [-0.2, -0.15) is 0 Å². The summed E-state index contributed by atoms with van der Waals surface area (Å²) in [6.45, 7) is 0.247. The molecule has 3 aromatic rings. The van der Waals surface area contributed by atoms with Gasteiger partial charge >= 0.3 is 17.2 Å². The molecule has 24 heavy (non-hydrogen) atoms. The molecule has 1 unspecified atom stereocenters. The maximum Gasteiger partial charge on any atom is 0.337 e. The fourth-order valence-electron chi connectivity index (χ4n) is 2.49. The molecule has 0 amide bonds. The van der Waals surface area contributed by atoms with Crippen LogP contribution < -0.4 is 0 Å². The summed E-state index contributed by atoms with van der Waals surface area (Å²) in [7, 11) is -4.85. The molecular formula is C16H16O5P2S. The number of hydrogen-bond acceptors (Lipinski definition) is 6. The van der Waals surface area contributed by atoms with E-state index in [1.54, 1.807) is 11.8 Å². The predicted octanol–water partition coefficient (Wildman–Crippen LogP) is 4.55. The Hall–Kier alpha value is -0.810. The Morgan fingerprint density at radius 3 is 2.29 bits per heavy atom. The molecule has 0 aliphatic heterocycles. The number of rotatable bonds is 7. The third-order valence-corrected chi connectivity index (χ3v) is 5.98. The third kappa shape index (κ3) is 4.42. The van der Waals surface area contributed by atoms with E-state index in [-0.39, 0.29) is 6.61 Å². The average Bonchev–Trinajstić information content (AvgIpc) is 2.58. The maximum absolute atomic E-state index is 9.34. The van der Waals surface area contributed by atoms with Crippen LogP contribution in [0, 0.1) is 0 Å². The van der Waals surface area contributed by atoms with Crippen LogP contribution in [-0.2, 0) is 8.83 Å². The van der Waals surface area contributed by atoms with Gasteiger partial charge in [-0.05, 0) is 27.6 Å². The van der Waals surface area contributed by atoms with Gasteiger partial charge in [0.2, 0.25) is 0 Å². The lowest BCUT2D eigenvalue weighted by atomic mass is 10.0. The zero-order chi connectivity index (χ0) is 16.9. The van der Waals surface area contributed by atoms with Crippen LogP contribution >= 0.6 is 29.0 Å². The minimum absolute atomic E-state index is 0.247. The molecule has 0 fully saturated rings. The molecule has 3 rings (SSSR count). The fourth-order valence-corrected chi connectivity index (χ4v) is 4.48. The molecule has 126 valence electrons. The normalized spacial score (nSPS) is 13.0. The highest BCUT2D eigenvalue weighted by atomic mass is 32.2. The van der Waals surface area contributed by atoms with Gasteiger partial charge in [-0.1, -0.05) is 48.5 Å². The lowest BCUT2D eigenvalue weighted by molar-refractivity contribution is 0.261. The summed E-state index contributed by atoms with van der Waals surface area (Å²) in [4.78, 5) is 27.8. The number of benzene rings is 3. The van der Waals surface area contributed by atoms with Crippen molar-refractivity contribution in [3.8, 4) is 0 Å². The Bertz CT molecular complexity index is 830. The molecule has 0 saturated heterocycles. The molecule has 0 spiro atoms. The van der Waals surface area contributed by atoms with E-state index in [1.807, 2.05) is 24.3 Å². The van der Waals surface area contributed by atoms with Gasteiger partial charge in [0.25, 0.3) is 0 Å². The van der Waals surface area contributed by atoms with E-state index in [0.717, 1.165) is 4.90 Å². The lowest BCUT2D eigenvalue weighted by Gasteiger charge is -2.12. The first-order valence-electron chi connectivity index (χ1n) is 7.16. The van der Waals surface area contributed by atoms with Gasteiger partial charge in [0.1, 0.15) is 0 Å². The van der Waals surface area contributed by atoms with E-state index in [2.05, 4.69) is 34.6 Å². The Kier molecular flexibility index (Phi) is 6.39. The Balaban J connectivity index is 1.74. The molecule has 0 aromatic heterocycles. The van der Waals surface area contributed by atoms with Crippen molar-refractivity contribution in [1.29, 1.82) is 0 Å². The zero-order valence-corrected chi connectivity index (χ0v) is 15.2. The topological polar surface area (TPSA) is 79.2 Å². The predicted molar refractivity (Wildman–Crippen MR) is 99.7 cm³/mol. The molecule has 8 heteroatoms. The Morgan fingerprint density at radius 2 is 1.54 bits per heavy atom. The van der Waals surface area contributed by atoms with Gasteiger partial charge in [-0.25, -0.2) is 4.31 Å². The van der Waals surface area contributed by atoms with Crippen LogP contribution in [0.2, 0.25) is 0 Å². The molecule has 0 bridgehead atoms. The zero-order valence-electron chi connectivity index (χ0n) is 12.6. The van der Waals surface area contributed by atoms with Crippen molar-refractivity contribution in [3.63, 3.8) is 0 Å². The van der Waals surface area contributed by atoms with Crippen molar-refractivity contribution in [2.45, 2.75) is 4.90 Å². The summed E-state index contributed by atoms with van der Waals surface area (Å²) in [5.41, 5.74) is 0. The second-order valence-corrected chi connectivity index (χ2v) is 7.92. The van der Waals surface area contributed by atoms with Gasteiger partial charge < -0.3 is 19.2 Å². The highest BCUT2D eigenvalue weighted by molar-refractivity contribution is 7.99. The molecule has 0 aliphatic rings. The van der Waals surface area contributed by atoms with Gasteiger partial charge in [0.05, 0.1) is 6.61 Å². The van der Waals surface area contributed by atoms with Gasteiger partial charge in [-0.15, -0.1) is 11.8 Å². The molecular weight excluding hydrogens is 366 g/mol. The fraction of sp³-hybridized carbons (Fsp3) is 0.125. The van der Waals surface area contributed by atoms with Crippen LogP contribution in [-0.4, -0.2) is 27.0 Å². The summed E-state index contributed by atoms with van der Waals surface area (Å²) in [5, 5.41) is 4.79. The summed E-state index contributed by atoms with van der Waals surface area (Å²) >= 11 is 1.62. The van der Waals surface area contributed by atoms with E-state index in [1.165, 1.54) is 21.5 Å². The van der Waals surface area contributed by atoms with Crippen molar-refractivity contribution < 1.29 is 23.5 Å². The molecule has 0 saturated carbocycles. The molecule has 0 heterocycles. The molecule has 3 N–H and O–H groups in total. The van der Waals surface area contributed by atoms with E-state index >= 15 is 0 Å². The van der Waals surface area contributed by atoms with E-state index in [0.29, 0.717) is 5.75 Å². The first-order valence-corrected chi connectivity index (χ1v) is 10.4. The summed E-state index contributed by atoms with van der Waals surface area (Å²) in [6, 6.07) is 18.7. The minimum atomic E-state index is -2.60. The van der Waals surface area contributed by atoms with Crippen molar-refractivity contribution in [3.05, 3.63) is 54.6 Å². The summed E-state index contributed by atoms with van der Waals surface area (Å²) in [6.07, 6.45) is 0. The van der Waals surface area contributed by atoms with Gasteiger partial charge in [-0.3, -0.25) is 0 Å². The molecule has 1 atom stereocenters. The molecule has 5 nitrogen and oxygen atoms in total. The summed E-state index contributed by atoms with van der Waals surface area (Å²) < 4.78 is 9.44. The summed E-state index contributed by atoms with van der Waals surface area (Å²) in [5.74, 6) is 0.611. The first-order chi connectivity index (χ1) is 11.6. The second-order valence-electron chi connectivity index (χ2n) is 4.90. The maximum atomic E-state index is 9.34. The van der Waals surface area contributed by atoms with Gasteiger partial charge in [0.15, 0.2) is 0 Å². The minimum Gasteiger partial charge on any atom is -0.328 e. The van der Waals surface area contributed by atoms with Crippen LogP contribution in [0.25, 0.3) is 21.5 Å². The van der Waals surface area contributed by atoms with E-state index in [4.69, 9.17) is 14.3 Å². The molecule has 3 aromatic carbocycles. The number of hydrogen-bond donors (Lipinski definition) is 3.